The van der Waals surface area contributed by atoms with E-state index in [0.717, 1.165) is 0 Å². The molecule has 1 atom stereocenters. The van der Waals surface area contributed by atoms with Crippen molar-refractivity contribution in [1.29, 1.82) is 0 Å². The molecular weight excluding hydrogens is 400 g/mol. The van der Waals surface area contributed by atoms with Crippen LogP contribution in [-0.4, -0.2) is 34.0 Å². The zero-order valence-electron chi connectivity index (χ0n) is 17.0. The van der Waals surface area contributed by atoms with Gasteiger partial charge in [-0.05, 0) is 38.1 Å². The molecule has 3 rings (SSSR count). The molecule has 0 fully saturated rings. The van der Waals surface area contributed by atoms with Gasteiger partial charge in [0.05, 0.1) is 11.3 Å². The van der Waals surface area contributed by atoms with Crippen molar-refractivity contribution in [3.8, 4) is 5.69 Å². The number of imide groups is 1. The molecule has 1 aromatic heterocycles. The third-order valence-corrected chi connectivity index (χ3v) is 4.46. The molecule has 0 aliphatic heterocycles. The number of urea groups is 1. The summed E-state index contributed by atoms with van der Waals surface area (Å²) in [5.74, 6) is -1.51. The van der Waals surface area contributed by atoms with E-state index < -0.39 is 24.0 Å². The van der Waals surface area contributed by atoms with Gasteiger partial charge in [0.25, 0.3) is 5.91 Å². The topological polar surface area (TPSA) is 122 Å². The van der Waals surface area contributed by atoms with Crippen LogP contribution in [0.1, 0.15) is 34.6 Å². The van der Waals surface area contributed by atoms with E-state index in [2.05, 4.69) is 15.6 Å². The fourth-order valence-electron chi connectivity index (χ4n) is 2.98. The number of ether oxygens (including phenoxy) is 1. The number of aromatic amines is 1. The van der Waals surface area contributed by atoms with Crippen molar-refractivity contribution < 1.29 is 19.1 Å². The summed E-state index contributed by atoms with van der Waals surface area (Å²) >= 11 is 0. The van der Waals surface area contributed by atoms with E-state index in [0.29, 0.717) is 23.5 Å². The number of aromatic nitrogens is 2. The van der Waals surface area contributed by atoms with E-state index in [4.69, 9.17) is 4.74 Å². The number of hydrogen-bond acceptors (Lipinski definition) is 5. The van der Waals surface area contributed by atoms with Crippen LogP contribution in [0.2, 0.25) is 0 Å². The number of rotatable bonds is 6. The number of nitrogens with one attached hydrogen (secondary N) is 3. The molecule has 0 aliphatic carbocycles. The molecule has 0 radical (unpaired) electrons. The highest BCUT2D eigenvalue weighted by molar-refractivity contribution is 5.99. The minimum absolute atomic E-state index is 0.191. The van der Waals surface area contributed by atoms with E-state index in [1.165, 1.54) is 16.7 Å². The maximum Gasteiger partial charge on any atom is 0.339 e. The number of hydrogen-bond donors (Lipinski definition) is 3. The Morgan fingerprint density at radius 3 is 2.32 bits per heavy atom. The van der Waals surface area contributed by atoms with Crippen LogP contribution in [0.25, 0.3) is 5.69 Å². The van der Waals surface area contributed by atoms with Gasteiger partial charge in [0.1, 0.15) is 0 Å². The number of carbonyl (C=O) groups is 3. The Kier molecular flexibility index (Phi) is 6.66. The highest BCUT2D eigenvalue weighted by atomic mass is 16.5. The first-order chi connectivity index (χ1) is 14.9. The van der Waals surface area contributed by atoms with Gasteiger partial charge in [-0.2, -0.15) is 0 Å². The normalized spacial score (nSPS) is 11.4. The second-order valence-electron chi connectivity index (χ2n) is 6.66. The number of H-pyrrole nitrogens is 1. The van der Waals surface area contributed by atoms with E-state index >= 15 is 0 Å². The standard InChI is InChI=1S/C22H22N4O5/c1-3-23-21(29)25-19(27)18(15-7-5-4-6-8-15)31-20(28)16-9-11-17(12-10-16)26-14(2)13-24-22(26)30/h4-13,18H,3H2,1-2H3,(H,24,30)(H2,23,25,27,29). The molecule has 31 heavy (non-hydrogen) atoms. The molecule has 3 aromatic rings. The van der Waals surface area contributed by atoms with Crippen LogP contribution in [0.3, 0.4) is 0 Å². The highest BCUT2D eigenvalue weighted by Crippen LogP contribution is 2.20. The minimum atomic E-state index is -1.31. The molecule has 0 saturated carbocycles. The summed E-state index contributed by atoms with van der Waals surface area (Å²) in [6.07, 6.45) is 0.271. The van der Waals surface area contributed by atoms with E-state index in [9.17, 15) is 19.2 Å². The largest absolute Gasteiger partial charge is 0.444 e. The lowest BCUT2D eigenvalue weighted by Crippen LogP contribution is -2.42. The molecule has 9 heteroatoms. The summed E-state index contributed by atoms with van der Waals surface area (Å²) in [7, 11) is 0. The molecule has 2 aromatic carbocycles. The van der Waals surface area contributed by atoms with Crippen molar-refractivity contribution in [3.05, 3.63) is 88.1 Å². The first-order valence-corrected chi connectivity index (χ1v) is 9.62. The van der Waals surface area contributed by atoms with Crippen LogP contribution in [0.4, 0.5) is 4.79 Å². The maximum absolute atomic E-state index is 12.7. The first kappa shape index (κ1) is 21.6. The fourth-order valence-corrected chi connectivity index (χ4v) is 2.98. The quantitative estimate of drug-likeness (QED) is 0.526. The number of amides is 3. The van der Waals surface area contributed by atoms with Gasteiger partial charge in [0, 0.05) is 24.0 Å². The lowest BCUT2D eigenvalue weighted by atomic mass is 10.1. The van der Waals surface area contributed by atoms with Gasteiger partial charge in [-0.3, -0.25) is 14.7 Å². The van der Waals surface area contributed by atoms with Crippen LogP contribution in [-0.2, 0) is 9.53 Å². The van der Waals surface area contributed by atoms with Gasteiger partial charge in [0.15, 0.2) is 0 Å². The van der Waals surface area contributed by atoms with Gasteiger partial charge in [-0.1, -0.05) is 30.3 Å². The van der Waals surface area contributed by atoms with Crippen LogP contribution in [0.5, 0.6) is 0 Å². The molecule has 1 heterocycles. The number of aryl methyl sites for hydroxylation is 1. The Bertz CT molecular complexity index is 1130. The van der Waals surface area contributed by atoms with E-state index in [1.54, 1.807) is 62.5 Å². The van der Waals surface area contributed by atoms with E-state index in [-0.39, 0.29) is 11.3 Å². The monoisotopic (exact) mass is 422 g/mol. The molecule has 3 amide bonds. The molecule has 0 spiro atoms. The number of nitrogens with zero attached hydrogens (tertiary/aromatic N) is 1. The molecule has 3 N–H and O–H groups in total. The molecule has 9 nitrogen and oxygen atoms in total. The average Bonchev–Trinajstić information content (AvgIpc) is 3.10. The van der Waals surface area contributed by atoms with Crippen molar-refractivity contribution in [3.63, 3.8) is 0 Å². The number of carbonyl (C=O) groups excluding carboxylic acids is 3. The van der Waals surface area contributed by atoms with Gasteiger partial charge in [-0.25, -0.2) is 14.4 Å². The number of benzene rings is 2. The minimum Gasteiger partial charge on any atom is -0.444 e. The van der Waals surface area contributed by atoms with Crippen molar-refractivity contribution in [1.82, 2.24) is 20.2 Å². The van der Waals surface area contributed by atoms with Crippen molar-refractivity contribution in [2.45, 2.75) is 20.0 Å². The Labute approximate surface area is 178 Å². The lowest BCUT2D eigenvalue weighted by molar-refractivity contribution is -0.129. The van der Waals surface area contributed by atoms with Crippen LogP contribution >= 0.6 is 0 Å². The molecule has 0 aliphatic rings. The first-order valence-electron chi connectivity index (χ1n) is 9.62. The molecule has 0 bridgehead atoms. The highest BCUT2D eigenvalue weighted by Gasteiger charge is 2.27. The van der Waals surface area contributed by atoms with Crippen molar-refractivity contribution in [2.75, 3.05) is 6.54 Å². The van der Waals surface area contributed by atoms with Crippen LogP contribution in [0.15, 0.2) is 65.6 Å². The Balaban J connectivity index is 1.81. The molecule has 1 unspecified atom stereocenters. The van der Waals surface area contributed by atoms with Crippen molar-refractivity contribution in [2.24, 2.45) is 0 Å². The van der Waals surface area contributed by atoms with Gasteiger partial charge in [0.2, 0.25) is 6.10 Å². The Morgan fingerprint density at radius 1 is 1.06 bits per heavy atom. The van der Waals surface area contributed by atoms with Crippen LogP contribution in [0, 0.1) is 6.92 Å². The zero-order valence-corrected chi connectivity index (χ0v) is 17.0. The number of imidazole rings is 1. The Morgan fingerprint density at radius 2 is 1.74 bits per heavy atom. The predicted octanol–water partition coefficient (Wildman–Crippen LogP) is 2.22. The average molecular weight is 422 g/mol. The second-order valence-corrected chi connectivity index (χ2v) is 6.66. The van der Waals surface area contributed by atoms with Gasteiger partial charge >= 0.3 is 17.7 Å². The molecule has 160 valence electrons. The summed E-state index contributed by atoms with van der Waals surface area (Å²) in [6, 6.07) is 13.9. The zero-order chi connectivity index (χ0) is 22.4. The summed E-state index contributed by atoms with van der Waals surface area (Å²) in [6.45, 7) is 3.83. The lowest BCUT2D eigenvalue weighted by Gasteiger charge is -2.18. The third-order valence-electron chi connectivity index (χ3n) is 4.46. The number of esters is 1. The summed E-state index contributed by atoms with van der Waals surface area (Å²) in [5, 5.41) is 4.62. The van der Waals surface area contributed by atoms with E-state index in [1.807, 2.05) is 0 Å². The molecular formula is C22H22N4O5. The maximum atomic E-state index is 12.7. The summed E-state index contributed by atoms with van der Waals surface area (Å²) in [5.41, 5.74) is 1.61. The summed E-state index contributed by atoms with van der Waals surface area (Å²) in [4.78, 5) is 51.5. The second kappa shape index (κ2) is 9.57. The van der Waals surface area contributed by atoms with Gasteiger partial charge in [-0.15, -0.1) is 0 Å². The van der Waals surface area contributed by atoms with Crippen LogP contribution < -0.4 is 16.3 Å². The third kappa shape index (κ3) is 5.08. The van der Waals surface area contributed by atoms with Gasteiger partial charge < -0.3 is 15.0 Å². The smallest absolute Gasteiger partial charge is 0.339 e. The SMILES string of the molecule is CCNC(=O)NC(=O)C(OC(=O)c1ccc(-n2c(C)c[nH]c2=O)cc1)c1ccccc1. The summed E-state index contributed by atoms with van der Waals surface area (Å²) < 4.78 is 6.90. The fraction of sp³-hybridized carbons (Fsp3) is 0.182. The van der Waals surface area contributed by atoms with Crippen molar-refractivity contribution >= 4 is 17.9 Å². The molecule has 0 saturated heterocycles. The predicted molar refractivity (Wildman–Crippen MR) is 113 cm³/mol. The Hall–Kier alpha value is -4.14.